The molecule has 1 rings (SSSR count). The first-order valence-corrected chi connectivity index (χ1v) is 4.82. The Morgan fingerprint density at radius 2 is 2.21 bits per heavy atom. The molecule has 14 heavy (non-hydrogen) atoms. The summed E-state index contributed by atoms with van der Waals surface area (Å²) < 4.78 is 5.08. The van der Waals surface area contributed by atoms with Crippen molar-refractivity contribution in [3.63, 3.8) is 0 Å². The summed E-state index contributed by atoms with van der Waals surface area (Å²) in [5, 5.41) is 12.4. The van der Waals surface area contributed by atoms with Gasteiger partial charge in [0.2, 0.25) is 5.89 Å². The lowest BCUT2D eigenvalue weighted by molar-refractivity contribution is 0.290. The zero-order valence-corrected chi connectivity index (χ0v) is 8.60. The average Bonchev–Trinajstić information content (AvgIpc) is 2.54. The first kappa shape index (κ1) is 11.1. The van der Waals surface area contributed by atoms with E-state index in [-0.39, 0.29) is 12.5 Å². The third-order valence-corrected chi connectivity index (χ3v) is 2.20. The highest BCUT2D eigenvalue weighted by atomic mass is 16.5. The normalized spacial score (nSPS) is 13.5. The van der Waals surface area contributed by atoms with E-state index in [4.69, 9.17) is 15.4 Å². The number of aromatic nitrogens is 2. The van der Waals surface area contributed by atoms with Crippen LogP contribution < -0.4 is 5.73 Å². The van der Waals surface area contributed by atoms with Gasteiger partial charge in [-0.3, -0.25) is 0 Å². The van der Waals surface area contributed by atoms with E-state index in [9.17, 15) is 0 Å². The maximum Gasteiger partial charge on any atom is 0.231 e. The molecule has 0 radical (unpaired) electrons. The molecule has 3 N–H and O–H groups in total. The Labute approximate surface area is 83.3 Å². The fourth-order valence-electron chi connectivity index (χ4n) is 1.28. The molecular weight excluding hydrogens is 182 g/mol. The lowest BCUT2D eigenvalue weighted by Gasteiger charge is -2.13. The van der Waals surface area contributed by atoms with Gasteiger partial charge in [-0.25, -0.2) is 0 Å². The SMILES string of the molecule is CC(C)C(CN)c1nc(CCO)no1. The molecular formula is C9H17N3O2. The van der Waals surface area contributed by atoms with Crippen molar-refractivity contribution in [3.05, 3.63) is 11.7 Å². The topological polar surface area (TPSA) is 85.2 Å². The summed E-state index contributed by atoms with van der Waals surface area (Å²) in [7, 11) is 0. The smallest absolute Gasteiger partial charge is 0.231 e. The molecule has 0 amide bonds. The van der Waals surface area contributed by atoms with Crippen LogP contribution in [-0.4, -0.2) is 28.4 Å². The summed E-state index contributed by atoms with van der Waals surface area (Å²) in [6.45, 7) is 4.66. The van der Waals surface area contributed by atoms with Crippen LogP contribution in [0.3, 0.4) is 0 Å². The molecule has 0 saturated heterocycles. The lowest BCUT2D eigenvalue weighted by atomic mass is 9.96. The number of aliphatic hydroxyl groups excluding tert-OH is 1. The highest BCUT2D eigenvalue weighted by Crippen LogP contribution is 2.21. The van der Waals surface area contributed by atoms with Gasteiger partial charge in [-0.2, -0.15) is 4.98 Å². The number of rotatable bonds is 5. The monoisotopic (exact) mass is 199 g/mol. The van der Waals surface area contributed by atoms with Crippen molar-refractivity contribution in [3.8, 4) is 0 Å². The Hall–Kier alpha value is -0.940. The minimum absolute atomic E-state index is 0.0357. The third kappa shape index (κ3) is 2.52. The van der Waals surface area contributed by atoms with Gasteiger partial charge in [0.15, 0.2) is 5.82 Å². The van der Waals surface area contributed by atoms with Crippen LogP contribution in [0.15, 0.2) is 4.52 Å². The van der Waals surface area contributed by atoms with Crippen molar-refractivity contribution in [2.45, 2.75) is 26.2 Å². The second-order valence-electron chi connectivity index (χ2n) is 3.61. The van der Waals surface area contributed by atoms with Gasteiger partial charge >= 0.3 is 0 Å². The van der Waals surface area contributed by atoms with Gasteiger partial charge in [0.25, 0.3) is 0 Å². The first-order chi connectivity index (χ1) is 6.69. The highest BCUT2D eigenvalue weighted by molar-refractivity contribution is 4.96. The molecule has 1 aromatic rings. The van der Waals surface area contributed by atoms with Gasteiger partial charge in [-0.05, 0) is 5.92 Å². The Balaban J connectivity index is 2.73. The van der Waals surface area contributed by atoms with Crippen molar-refractivity contribution in [2.75, 3.05) is 13.2 Å². The van der Waals surface area contributed by atoms with Crippen LogP contribution in [0.1, 0.15) is 31.5 Å². The quantitative estimate of drug-likeness (QED) is 0.712. The largest absolute Gasteiger partial charge is 0.396 e. The van der Waals surface area contributed by atoms with Crippen LogP contribution in [0.2, 0.25) is 0 Å². The molecule has 1 aromatic heterocycles. The predicted molar refractivity (Wildman–Crippen MR) is 51.7 cm³/mol. The number of hydrogen-bond acceptors (Lipinski definition) is 5. The molecule has 80 valence electrons. The van der Waals surface area contributed by atoms with E-state index in [2.05, 4.69) is 24.0 Å². The summed E-state index contributed by atoms with van der Waals surface area (Å²) in [5.74, 6) is 1.60. The van der Waals surface area contributed by atoms with Gasteiger partial charge in [-0.15, -0.1) is 0 Å². The van der Waals surface area contributed by atoms with Gasteiger partial charge in [0.05, 0.1) is 12.5 Å². The van der Waals surface area contributed by atoms with Gasteiger partial charge in [0.1, 0.15) is 0 Å². The van der Waals surface area contributed by atoms with Crippen LogP contribution in [0.5, 0.6) is 0 Å². The summed E-state index contributed by atoms with van der Waals surface area (Å²) in [4.78, 5) is 4.17. The van der Waals surface area contributed by atoms with Crippen LogP contribution >= 0.6 is 0 Å². The van der Waals surface area contributed by atoms with Crippen LogP contribution in [0.25, 0.3) is 0 Å². The average molecular weight is 199 g/mol. The standard InChI is InChI=1S/C9H17N3O2/c1-6(2)7(5-10)9-11-8(3-4-13)12-14-9/h6-7,13H,3-5,10H2,1-2H3. The minimum atomic E-state index is 0.0357. The maximum absolute atomic E-state index is 8.69. The zero-order chi connectivity index (χ0) is 10.6. The molecule has 0 aliphatic rings. The summed E-state index contributed by atoms with van der Waals surface area (Å²) in [6, 6.07) is 0. The molecule has 1 unspecified atom stereocenters. The van der Waals surface area contributed by atoms with Crippen LogP contribution in [-0.2, 0) is 6.42 Å². The van der Waals surface area contributed by atoms with E-state index in [0.717, 1.165) is 0 Å². The number of hydrogen-bond donors (Lipinski definition) is 2. The minimum Gasteiger partial charge on any atom is -0.396 e. The first-order valence-electron chi connectivity index (χ1n) is 4.82. The molecule has 0 saturated carbocycles. The highest BCUT2D eigenvalue weighted by Gasteiger charge is 2.20. The molecule has 0 spiro atoms. The van der Waals surface area contributed by atoms with Crippen molar-refractivity contribution >= 4 is 0 Å². The Bertz CT molecular complexity index is 273. The third-order valence-electron chi connectivity index (χ3n) is 2.20. The fourth-order valence-corrected chi connectivity index (χ4v) is 1.28. The van der Waals surface area contributed by atoms with Crippen LogP contribution in [0, 0.1) is 5.92 Å². The van der Waals surface area contributed by atoms with Gasteiger partial charge in [0, 0.05) is 13.0 Å². The molecule has 0 aliphatic carbocycles. The van der Waals surface area contributed by atoms with E-state index < -0.39 is 0 Å². The zero-order valence-electron chi connectivity index (χ0n) is 8.60. The molecule has 5 heteroatoms. The van der Waals surface area contributed by atoms with E-state index in [1.165, 1.54) is 0 Å². The molecule has 0 fully saturated rings. The van der Waals surface area contributed by atoms with E-state index >= 15 is 0 Å². The van der Waals surface area contributed by atoms with Gasteiger partial charge in [-0.1, -0.05) is 19.0 Å². The number of nitrogens with zero attached hydrogens (tertiary/aromatic N) is 2. The molecule has 5 nitrogen and oxygen atoms in total. The maximum atomic E-state index is 8.69. The summed E-state index contributed by atoms with van der Waals surface area (Å²) >= 11 is 0. The fraction of sp³-hybridized carbons (Fsp3) is 0.778. The molecule has 1 atom stereocenters. The van der Waals surface area contributed by atoms with E-state index in [1.807, 2.05) is 0 Å². The number of aliphatic hydroxyl groups is 1. The van der Waals surface area contributed by atoms with Crippen molar-refractivity contribution in [1.82, 2.24) is 10.1 Å². The molecule has 0 aromatic carbocycles. The Kier molecular flexibility index (Phi) is 4.03. The Morgan fingerprint density at radius 1 is 1.50 bits per heavy atom. The second kappa shape index (κ2) is 5.07. The predicted octanol–water partition coefficient (Wildman–Crippen LogP) is 0.303. The second-order valence-corrected chi connectivity index (χ2v) is 3.61. The Morgan fingerprint density at radius 3 is 2.71 bits per heavy atom. The van der Waals surface area contributed by atoms with E-state index in [1.54, 1.807) is 0 Å². The van der Waals surface area contributed by atoms with Crippen LogP contribution in [0.4, 0.5) is 0 Å². The van der Waals surface area contributed by atoms with Gasteiger partial charge < -0.3 is 15.4 Å². The summed E-state index contributed by atoms with van der Waals surface area (Å²) in [6.07, 6.45) is 0.429. The molecule has 0 aliphatic heterocycles. The van der Waals surface area contributed by atoms with Crippen molar-refractivity contribution in [1.29, 1.82) is 0 Å². The van der Waals surface area contributed by atoms with E-state index in [0.29, 0.717) is 30.6 Å². The molecule has 1 heterocycles. The molecule has 0 bridgehead atoms. The summed E-state index contributed by atoms with van der Waals surface area (Å²) in [5.41, 5.74) is 5.61. The number of nitrogens with two attached hydrogens (primary N) is 1. The van der Waals surface area contributed by atoms with Crippen molar-refractivity contribution < 1.29 is 9.63 Å². The lowest BCUT2D eigenvalue weighted by Crippen LogP contribution is -2.18. The van der Waals surface area contributed by atoms with Crippen molar-refractivity contribution in [2.24, 2.45) is 11.7 Å².